The lowest BCUT2D eigenvalue weighted by atomic mass is 10.1. The first-order valence-corrected chi connectivity index (χ1v) is 9.60. The van der Waals surface area contributed by atoms with Gasteiger partial charge in [0.1, 0.15) is 0 Å². The van der Waals surface area contributed by atoms with Crippen LogP contribution in [0.2, 0.25) is 16.6 Å². The van der Waals surface area contributed by atoms with Crippen molar-refractivity contribution in [1.82, 2.24) is 0 Å². The summed E-state index contributed by atoms with van der Waals surface area (Å²) in [6.07, 6.45) is 1.21. The first kappa shape index (κ1) is 16.6. The molecule has 1 aliphatic carbocycles. The molecule has 0 aromatic carbocycles. The summed E-state index contributed by atoms with van der Waals surface area (Å²) in [5.41, 5.74) is 2.07. The van der Waals surface area contributed by atoms with Crippen LogP contribution in [0, 0.1) is 0 Å². The molecule has 1 aliphatic rings. The Labute approximate surface area is 119 Å². The van der Waals surface area contributed by atoms with Crippen LogP contribution in [0.5, 0.6) is 0 Å². The molecule has 0 saturated heterocycles. The maximum absolute atomic E-state index is 11.8. The SMILES string of the molecule is C=C1C[C@](C)(O[Si](C(C)C)(C(C)C)C(C)C)CC1=O. The van der Waals surface area contributed by atoms with Crippen molar-refractivity contribution in [3.05, 3.63) is 12.2 Å². The lowest BCUT2D eigenvalue weighted by Crippen LogP contribution is -2.53. The van der Waals surface area contributed by atoms with Gasteiger partial charge in [-0.15, -0.1) is 0 Å². The van der Waals surface area contributed by atoms with E-state index in [1.165, 1.54) is 0 Å². The molecule has 0 heterocycles. The van der Waals surface area contributed by atoms with E-state index in [-0.39, 0.29) is 11.4 Å². The van der Waals surface area contributed by atoms with Gasteiger partial charge in [-0.05, 0) is 29.1 Å². The van der Waals surface area contributed by atoms with Crippen molar-refractivity contribution in [2.45, 2.75) is 83.5 Å². The van der Waals surface area contributed by atoms with Gasteiger partial charge in [-0.3, -0.25) is 4.79 Å². The number of rotatable bonds is 5. The molecule has 19 heavy (non-hydrogen) atoms. The van der Waals surface area contributed by atoms with Gasteiger partial charge in [-0.2, -0.15) is 0 Å². The third-order valence-electron chi connectivity index (χ3n) is 4.65. The van der Waals surface area contributed by atoms with Gasteiger partial charge in [-0.1, -0.05) is 48.1 Å². The van der Waals surface area contributed by atoms with E-state index in [2.05, 4.69) is 55.0 Å². The van der Waals surface area contributed by atoms with E-state index in [9.17, 15) is 4.79 Å². The molecule has 0 spiro atoms. The van der Waals surface area contributed by atoms with E-state index in [1.54, 1.807) is 0 Å². The number of ketones is 1. The van der Waals surface area contributed by atoms with Gasteiger partial charge < -0.3 is 4.43 Å². The normalized spacial score (nSPS) is 25.2. The maximum Gasteiger partial charge on any atom is 0.201 e. The zero-order chi connectivity index (χ0) is 15.0. The molecule has 0 amide bonds. The summed E-state index contributed by atoms with van der Waals surface area (Å²) in [7, 11) is -1.92. The van der Waals surface area contributed by atoms with Crippen LogP contribution >= 0.6 is 0 Å². The summed E-state index contributed by atoms with van der Waals surface area (Å²) in [4.78, 5) is 11.8. The van der Waals surface area contributed by atoms with Crippen LogP contribution in [0.4, 0.5) is 0 Å². The van der Waals surface area contributed by atoms with Crippen LogP contribution in [0.15, 0.2) is 12.2 Å². The molecule has 0 aromatic rings. The molecule has 1 rings (SSSR count). The highest BCUT2D eigenvalue weighted by atomic mass is 28.4. The van der Waals surface area contributed by atoms with Crippen LogP contribution in [-0.4, -0.2) is 19.7 Å². The monoisotopic (exact) mass is 282 g/mol. The van der Waals surface area contributed by atoms with E-state index in [0.29, 0.717) is 29.5 Å². The smallest absolute Gasteiger partial charge is 0.201 e. The maximum atomic E-state index is 11.8. The highest BCUT2D eigenvalue weighted by Crippen LogP contribution is 2.47. The summed E-state index contributed by atoms with van der Waals surface area (Å²) < 4.78 is 6.77. The van der Waals surface area contributed by atoms with E-state index in [4.69, 9.17) is 4.43 Å². The quantitative estimate of drug-likeness (QED) is 0.532. The van der Waals surface area contributed by atoms with Crippen molar-refractivity contribution in [3.8, 4) is 0 Å². The first-order chi connectivity index (χ1) is 8.55. The summed E-state index contributed by atoms with van der Waals surface area (Å²) in [5, 5.41) is 0. The molecule has 1 saturated carbocycles. The predicted octanol–water partition coefficient (Wildman–Crippen LogP) is 4.86. The largest absolute Gasteiger partial charge is 0.410 e. The van der Waals surface area contributed by atoms with Crippen LogP contribution in [0.3, 0.4) is 0 Å². The molecule has 0 aliphatic heterocycles. The molecular weight excluding hydrogens is 252 g/mol. The van der Waals surface area contributed by atoms with Crippen LogP contribution in [-0.2, 0) is 9.22 Å². The third-order valence-corrected chi connectivity index (χ3v) is 10.9. The molecule has 0 unspecified atom stereocenters. The molecule has 1 fully saturated rings. The van der Waals surface area contributed by atoms with Crippen molar-refractivity contribution < 1.29 is 9.22 Å². The fourth-order valence-corrected chi connectivity index (χ4v) is 9.63. The Kier molecular flexibility index (Phi) is 4.84. The van der Waals surface area contributed by atoms with Gasteiger partial charge in [0.2, 0.25) is 8.32 Å². The second-order valence-electron chi connectivity index (χ2n) is 7.25. The zero-order valence-corrected chi connectivity index (χ0v) is 14.7. The minimum Gasteiger partial charge on any atom is -0.410 e. The molecular formula is C16H30O2Si. The summed E-state index contributed by atoms with van der Waals surface area (Å²) >= 11 is 0. The van der Waals surface area contributed by atoms with Crippen LogP contribution < -0.4 is 0 Å². The van der Waals surface area contributed by atoms with E-state index in [0.717, 1.165) is 5.57 Å². The molecule has 3 heteroatoms. The summed E-state index contributed by atoms with van der Waals surface area (Å²) in [6, 6.07) is 0. The summed E-state index contributed by atoms with van der Waals surface area (Å²) in [5.74, 6) is 0.182. The molecule has 0 aromatic heterocycles. The highest BCUT2D eigenvalue weighted by Gasteiger charge is 2.51. The number of carbonyl (C=O) groups is 1. The average Bonchev–Trinajstić information content (AvgIpc) is 2.48. The lowest BCUT2D eigenvalue weighted by molar-refractivity contribution is -0.116. The molecule has 2 nitrogen and oxygen atoms in total. The van der Waals surface area contributed by atoms with Crippen molar-refractivity contribution >= 4 is 14.1 Å². The van der Waals surface area contributed by atoms with Crippen molar-refractivity contribution in [1.29, 1.82) is 0 Å². The highest BCUT2D eigenvalue weighted by molar-refractivity contribution is 6.77. The fourth-order valence-electron chi connectivity index (χ4n) is 3.93. The lowest BCUT2D eigenvalue weighted by Gasteiger charge is -2.47. The van der Waals surface area contributed by atoms with E-state index < -0.39 is 8.32 Å². The van der Waals surface area contributed by atoms with Gasteiger partial charge in [0, 0.05) is 12.8 Å². The second kappa shape index (κ2) is 5.53. The Balaban J connectivity index is 3.09. The van der Waals surface area contributed by atoms with E-state index in [1.807, 2.05) is 0 Å². The van der Waals surface area contributed by atoms with Gasteiger partial charge in [-0.25, -0.2) is 0 Å². The third kappa shape index (κ3) is 3.02. The molecule has 1 atom stereocenters. The number of hydrogen-bond donors (Lipinski definition) is 0. The Morgan fingerprint density at radius 2 is 1.47 bits per heavy atom. The molecule has 110 valence electrons. The zero-order valence-electron chi connectivity index (χ0n) is 13.7. The molecule has 0 bridgehead atoms. The predicted molar refractivity (Wildman–Crippen MR) is 83.9 cm³/mol. The van der Waals surface area contributed by atoms with Crippen LogP contribution in [0.25, 0.3) is 0 Å². The Hall–Kier alpha value is -0.413. The van der Waals surface area contributed by atoms with Crippen LogP contribution in [0.1, 0.15) is 61.3 Å². The van der Waals surface area contributed by atoms with Gasteiger partial charge in [0.25, 0.3) is 0 Å². The Morgan fingerprint density at radius 3 is 1.74 bits per heavy atom. The minimum atomic E-state index is -1.92. The topological polar surface area (TPSA) is 26.3 Å². The molecule has 0 N–H and O–H groups in total. The van der Waals surface area contributed by atoms with Gasteiger partial charge in [0.05, 0.1) is 5.60 Å². The number of Topliss-reactive ketones (excluding diaryl/α,β-unsaturated/α-hetero) is 1. The Bertz CT molecular complexity index is 331. The molecule has 0 radical (unpaired) electrons. The fraction of sp³-hybridized carbons (Fsp3) is 0.812. The van der Waals surface area contributed by atoms with Crippen molar-refractivity contribution in [2.75, 3.05) is 0 Å². The first-order valence-electron chi connectivity index (χ1n) is 7.46. The minimum absolute atomic E-state index is 0.182. The van der Waals surface area contributed by atoms with Crippen molar-refractivity contribution in [3.63, 3.8) is 0 Å². The van der Waals surface area contributed by atoms with Gasteiger partial charge in [0.15, 0.2) is 5.78 Å². The Morgan fingerprint density at radius 1 is 1.05 bits per heavy atom. The number of carbonyl (C=O) groups excluding carboxylic acids is 1. The second-order valence-corrected chi connectivity index (χ2v) is 12.6. The number of hydrogen-bond acceptors (Lipinski definition) is 2. The summed E-state index contributed by atoms with van der Waals surface area (Å²) in [6.45, 7) is 19.6. The standard InChI is InChI=1S/C16H30O2Si/c1-11(2)19(12(3)4,13(5)6)18-16(8)9-14(7)15(17)10-16/h11-13H,7,9-10H2,1-6,8H3/t16-/m0/s1. The van der Waals surface area contributed by atoms with Crippen molar-refractivity contribution in [2.24, 2.45) is 0 Å². The van der Waals surface area contributed by atoms with E-state index >= 15 is 0 Å². The van der Waals surface area contributed by atoms with Gasteiger partial charge >= 0.3 is 0 Å². The average molecular weight is 282 g/mol.